The van der Waals surface area contributed by atoms with Gasteiger partial charge in [-0.05, 0) is 62.8 Å². The molecule has 0 unspecified atom stereocenters. The van der Waals surface area contributed by atoms with Gasteiger partial charge < -0.3 is 10.2 Å². The fourth-order valence-electron chi connectivity index (χ4n) is 4.61. The number of fused-ring (bicyclic) bond motifs is 2. The Hall–Kier alpha value is -1.06. The van der Waals surface area contributed by atoms with Crippen molar-refractivity contribution in [2.75, 3.05) is 7.05 Å². The Morgan fingerprint density at radius 3 is 2.43 bits per heavy atom. The summed E-state index contributed by atoms with van der Waals surface area (Å²) in [5.74, 6) is 0.811. The quantitative estimate of drug-likeness (QED) is 0.917. The monoisotopic (exact) mass is 332 g/mol. The first-order valence-corrected chi connectivity index (χ1v) is 9.27. The van der Waals surface area contributed by atoms with E-state index >= 15 is 0 Å². The highest BCUT2D eigenvalue weighted by molar-refractivity contribution is 6.30. The van der Waals surface area contributed by atoms with E-state index in [0.717, 1.165) is 24.3 Å². The largest absolute Gasteiger partial charge is 0.353 e. The van der Waals surface area contributed by atoms with E-state index in [1.807, 2.05) is 12.1 Å². The van der Waals surface area contributed by atoms with E-state index < -0.39 is 0 Å². The number of halogens is 1. The van der Waals surface area contributed by atoms with E-state index in [-0.39, 0.29) is 11.8 Å². The van der Waals surface area contributed by atoms with Gasteiger partial charge in [0.1, 0.15) is 0 Å². The molecule has 2 aliphatic heterocycles. The lowest BCUT2D eigenvalue weighted by Gasteiger charge is -2.47. The van der Waals surface area contributed by atoms with Gasteiger partial charge in [-0.1, -0.05) is 30.2 Å². The molecule has 1 saturated carbocycles. The first-order valence-electron chi connectivity index (χ1n) is 8.89. The number of rotatable bonds is 3. The van der Waals surface area contributed by atoms with Crippen LogP contribution in [0.1, 0.15) is 50.0 Å². The minimum atomic E-state index is 0.163. The first kappa shape index (κ1) is 15.5. The number of hydrogen-bond acceptors (Lipinski definition) is 2. The summed E-state index contributed by atoms with van der Waals surface area (Å²) in [7, 11) is 2.25. The van der Waals surface area contributed by atoms with Gasteiger partial charge in [-0.25, -0.2) is 0 Å². The molecular formula is C19H25ClN2O. The molecular weight excluding hydrogens is 308 g/mol. The Kier molecular flexibility index (Phi) is 4.10. The second-order valence-corrected chi connectivity index (χ2v) is 8.02. The second kappa shape index (κ2) is 6.10. The highest BCUT2D eigenvalue weighted by atomic mass is 35.5. The van der Waals surface area contributed by atoms with E-state index in [2.05, 4.69) is 29.4 Å². The summed E-state index contributed by atoms with van der Waals surface area (Å²) in [6.45, 7) is 0. The average molecular weight is 333 g/mol. The molecule has 2 heterocycles. The Morgan fingerprint density at radius 2 is 1.78 bits per heavy atom. The van der Waals surface area contributed by atoms with Gasteiger partial charge in [0.2, 0.25) is 5.91 Å². The molecule has 1 aromatic rings. The molecule has 3 nitrogen and oxygen atoms in total. The third kappa shape index (κ3) is 3.14. The lowest BCUT2D eigenvalue weighted by atomic mass is 9.82. The minimum Gasteiger partial charge on any atom is -0.353 e. The van der Waals surface area contributed by atoms with Crippen LogP contribution in [0.5, 0.6) is 0 Å². The topological polar surface area (TPSA) is 32.3 Å². The molecule has 2 saturated heterocycles. The third-order valence-corrected chi connectivity index (χ3v) is 6.36. The van der Waals surface area contributed by atoms with Gasteiger partial charge in [0, 0.05) is 29.1 Å². The van der Waals surface area contributed by atoms with Crippen LogP contribution < -0.4 is 5.32 Å². The van der Waals surface area contributed by atoms with E-state index in [1.165, 1.54) is 24.8 Å². The van der Waals surface area contributed by atoms with Crippen LogP contribution in [-0.2, 0) is 4.79 Å². The molecule has 1 N–H and O–H groups in total. The van der Waals surface area contributed by atoms with Crippen molar-refractivity contribution >= 4 is 17.5 Å². The number of carbonyl (C=O) groups is 1. The molecule has 3 aliphatic rings. The second-order valence-electron chi connectivity index (χ2n) is 7.58. The molecule has 124 valence electrons. The van der Waals surface area contributed by atoms with Crippen molar-refractivity contribution < 1.29 is 4.79 Å². The molecule has 4 heteroatoms. The van der Waals surface area contributed by atoms with Crippen molar-refractivity contribution in [3.8, 4) is 0 Å². The minimum absolute atomic E-state index is 0.163. The Morgan fingerprint density at radius 1 is 1.13 bits per heavy atom. The molecule has 4 rings (SSSR count). The van der Waals surface area contributed by atoms with Crippen molar-refractivity contribution in [1.82, 2.24) is 10.2 Å². The van der Waals surface area contributed by atoms with Crippen molar-refractivity contribution in [2.45, 2.75) is 62.6 Å². The van der Waals surface area contributed by atoms with Crippen LogP contribution in [0, 0.1) is 5.92 Å². The normalized spacial score (nSPS) is 36.5. The lowest BCUT2D eigenvalue weighted by Crippen LogP contribution is -2.55. The van der Waals surface area contributed by atoms with Gasteiger partial charge in [-0.15, -0.1) is 0 Å². The maximum absolute atomic E-state index is 12.6. The Labute approximate surface area is 143 Å². The zero-order valence-corrected chi connectivity index (χ0v) is 14.4. The van der Waals surface area contributed by atoms with Crippen LogP contribution in [-0.4, -0.2) is 36.0 Å². The van der Waals surface area contributed by atoms with Crippen LogP contribution >= 0.6 is 11.6 Å². The zero-order valence-electron chi connectivity index (χ0n) is 13.7. The molecule has 4 atom stereocenters. The van der Waals surface area contributed by atoms with E-state index in [9.17, 15) is 4.79 Å². The van der Waals surface area contributed by atoms with Crippen LogP contribution in [0.4, 0.5) is 0 Å². The average Bonchev–Trinajstić information content (AvgIpc) is 3.30. The summed E-state index contributed by atoms with van der Waals surface area (Å²) in [4.78, 5) is 15.1. The Balaban J connectivity index is 1.34. The summed E-state index contributed by atoms with van der Waals surface area (Å²) in [5, 5.41) is 4.11. The van der Waals surface area contributed by atoms with Gasteiger partial charge in [0.25, 0.3) is 0 Å². The number of amides is 1. The van der Waals surface area contributed by atoms with Crippen molar-refractivity contribution in [3.63, 3.8) is 0 Å². The summed E-state index contributed by atoms with van der Waals surface area (Å²) in [6.07, 6.45) is 7.15. The highest BCUT2D eigenvalue weighted by Gasteiger charge is 2.45. The van der Waals surface area contributed by atoms with Gasteiger partial charge in [-0.3, -0.25) is 4.79 Å². The van der Waals surface area contributed by atoms with Gasteiger partial charge >= 0.3 is 0 Å². The molecule has 0 spiro atoms. The molecule has 0 aromatic heterocycles. The first-order chi connectivity index (χ1) is 11.1. The number of nitrogens with zero attached hydrogens (tertiary/aromatic N) is 1. The molecule has 2 bridgehead atoms. The van der Waals surface area contributed by atoms with E-state index in [0.29, 0.717) is 24.0 Å². The molecule has 23 heavy (non-hydrogen) atoms. The fraction of sp³-hybridized carbons (Fsp3) is 0.632. The van der Waals surface area contributed by atoms with Crippen molar-refractivity contribution in [3.05, 3.63) is 34.9 Å². The number of hydrogen-bond donors (Lipinski definition) is 1. The molecule has 1 aliphatic carbocycles. The van der Waals surface area contributed by atoms with E-state index in [4.69, 9.17) is 11.6 Å². The zero-order chi connectivity index (χ0) is 16.0. The smallest absolute Gasteiger partial charge is 0.223 e. The van der Waals surface area contributed by atoms with Gasteiger partial charge in [0.15, 0.2) is 0 Å². The summed E-state index contributed by atoms with van der Waals surface area (Å²) in [6, 6.07) is 9.66. The number of carbonyl (C=O) groups excluding carboxylic acids is 1. The van der Waals surface area contributed by atoms with Gasteiger partial charge in [0.05, 0.1) is 0 Å². The third-order valence-electron chi connectivity index (χ3n) is 6.11. The summed E-state index contributed by atoms with van der Waals surface area (Å²) < 4.78 is 0. The summed E-state index contributed by atoms with van der Waals surface area (Å²) in [5.41, 5.74) is 1.25. The van der Waals surface area contributed by atoms with Crippen LogP contribution in [0.3, 0.4) is 0 Å². The predicted molar refractivity (Wildman–Crippen MR) is 92.7 cm³/mol. The molecule has 3 fully saturated rings. The number of benzene rings is 1. The maximum atomic E-state index is 12.6. The molecule has 0 radical (unpaired) electrons. The number of nitrogens with one attached hydrogen (secondary N) is 1. The summed E-state index contributed by atoms with van der Waals surface area (Å²) >= 11 is 5.94. The SMILES string of the molecule is CN1[C@H]2CCC[C@H]1CC(NC(=O)[C@@H]1C[C@@H]1c1ccc(Cl)cc1)C2. The molecule has 1 aromatic carbocycles. The standard InChI is InChI=1S/C19H25ClN2O/c1-22-15-3-2-4-16(22)10-14(9-15)21-19(23)18-11-17(18)12-5-7-13(20)8-6-12/h5-8,14-18H,2-4,9-11H2,1H3,(H,21,23)/t15-,16-,17+,18+/m0/s1. The van der Waals surface area contributed by atoms with Crippen molar-refractivity contribution in [1.29, 1.82) is 0 Å². The molecule has 1 amide bonds. The fourth-order valence-corrected chi connectivity index (χ4v) is 4.73. The highest BCUT2D eigenvalue weighted by Crippen LogP contribution is 2.48. The van der Waals surface area contributed by atoms with Crippen LogP contribution in [0.15, 0.2) is 24.3 Å². The number of piperidine rings is 2. The Bertz CT molecular complexity index is 574. The van der Waals surface area contributed by atoms with E-state index in [1.54, 1.807) is 0 Å². The van der Waals surface area contributed by atoms with Crippen molar-refractivity contribution in [2.24, 2.45) is 5.92 Å². The van der Waals surface area contributed by atoms with Crippen LogP contribution in [0.25, 0.3) is 0 Å². The van der Waals surface area contributed by atoms with Gasteiger partial charge in [-0.2, -0.15) is 0 Å². The van der Waals surface area contributed by atoms with Crippen LogP contribution in [0.2, 0.25) is 5.02 Å². The maximum Gasteiger partial charge on any atom is 0.223 e. The predicted octanol–water partition coefficient (Wildman–Crippen LogP) is 3.58. The lowest BCUT2D eigenvalue weighted by molar-refractivity contribution is -0.123.